The molecule has 0 saturated carbocycles. The third-order valence-electron chi connectivity index (χ3n) is 2.74. The maximum Gasteiger partial charge on any atom is 0.160 e. The molecule has 0 radical (unpaired) electrons. The van der Waals surface area contributed by atoms with E-state index in [0.717, 1.165) is 37.3 Å². The van der Waals surface area contributed by atoms with Crippen LogP contribution in [0.2, 0.25) is 0 Å². The summed E-state index contributed by atoms with van der Waals surface area (Å²) in [7, 11) is 0. The number of pyridine rings is 1. The predicted molar refractivity (Wildman–Crippen MR) is 64.2 cm³/mol. The zero-order chi connectivity index (χ0) is 11.2. The van der Waals surface area contributed by atoms with Crippen LogP contribution in [0.3, 0.4) is 0 Å². The highest BCUT2D eigenvalue weighted by Gasteiger charge is 2.03. The highest BCUT2D eigenvalue weighted by atomic mass is 15.2. The van der Waals surface area contributed by atoms with E-state index in [0.29, 0.717) is 0 Å². The Balaban J connectivity index is 1.89. The number of nitrogens with zero attached hydrogens (tertiary/aromatic N) is 3. The van der Waals surface area contributed by atoms with Crippen LogP contribution in [0.15, 0.2) is 24.4 Å². The highest BCUT2D eigenvalue weighted by Crippen LogP contribution is 2.08. The molecule has 2 rings (SSSR count). The summed E-state index contributed by atoms with van der Waals surface area (Å²) >= 11 is 0. The maximum absolute atomic E-state index is 5.45. The smallest absolute Gasteiger partial charge is 0.160 e. The van der Waals surface area contributed by atoms with E-state index >= 15 is 0 Å². The fraction of sp³-hybridized carbons (Fsp3) is 0.500. The van der Waals surface area contributed by atoms with Gasteiger partial charge < -0.3 is 5.73 Å². The largest absolute Gasteiger partial charge is 0.330 e. The second-order valence-electron chi connectivity index (χ2n) is 4.00. The molecule has 2 aromatic heterocycles. The van der Waals surface area contributed by atoms with E-state index in [1.165, 1.54) is 12.8 Å². The summed E-state index contributed by atoms with van der Waals surface area (Å²) in [6, 6.07) is 5.97. The molecule has 0 aliphatic heterocycles. The van der Waals surface area contributed by atoms with Crippen molar-refractivity contribution < 1.29 is 0 Å². The average Bonchev–Trinajstić information content (AvgIpc) is 2.73. The van der Waals surface area contributed by atoms with Crippen LogP contribution in [0.4, 0.5) is 0 Å². The van der Waals surface area contributed by atoms with E-state index in [9.17, 15) is 0 Å². The van der Waals surface area contributed by atoms with Gasteiger partial charge in [-0.3, -0.25) is 4.40 Å². The monoisotopic (exact) mass is 218 g/mol. The fourth-order valence-electron chi connectivity index (χ4n) is 1.84. The van der Waals surface area contributed by atoms with Gasteiger partial charge in [0.15, 0.2) is 5.65 Å². The number of rotatable bonds is 6. The Labute approximate surface area is 95.5 Å². The molecular weight excluding hydrogens is 200 g/mol. The van der Waals surface area contributed by atoms with Gasteiger partial charge in [-0.25, -0.2) is 0 Å². The lowest BCUT2D eigenvalue weighted by Gasteiger charge is -1.99. The zero-order valence-electron chi connectivity index (χ0n) is 9.47. The first-order valence-electron chi connectivity index (χ1n) is 5.90. The van der Waals surface area contributed by atoms with Crippen molar-refractivity contribution in [2.24, 2.45) is 5.73 Å². The number of aryl methyl sites for hydroxylation is 1. The molecule has 0 aliphatic carbocycles. The van der Waals surface area contributed by atoms with Gasteiger partial charge in [-0.1, -0.05) is 18.9 Å². The van der Waals surface area contributed by atoms with Gasteiger partial charge in [0.1, 0.15) is 5.82 Å². The quantitative estimate of drug-likeness (QED) is 0.752. The molecule has 2 aromatic rings. The minimum Gasteiger partial charge on any atom is -0.330 e. The van der Waals surface area contributed by atoms with Gasteiger partial charge in [0.2, 0.25) is 0 Å². The fourth-order valence-corrected chi connectivity index (χ4v) is 1.84. The van der Waals surface area contributed by atoms with Crippen molar-refractivity contribution in [3.8, 4) is 0 Å². The Bertz CT molecular complexity index is 435. The molecule has 2 heterocycles. The van der Waals surface area contributed by atoms with Crippen LogP contribution in [-0.4, -0.2) is 21.1 Å². The Morgan fingerprint density at radius 1 is 1.06 bits per heavy atom. The third kappa shape index (κ3) is 2.58. The van der Waals surface area contributed by atoms with Gasteiger partial charge in [-0.2, -0.15) is 0 Å². The van der Waals surface area contributed by atoms with Crippen molar-refractivity contribution >= 4 is 5.65 Å². The molecule has 16 heavy (non-hydrogen) atoms. The van der Waals surface area contributed by atoms with Crippen molar-refractivity contribution in [1.29, 1.82) is 0 Å². The van der Waals surface area contributed by atoms with Crippen molar-refractivity contribution in [1.82, 2.24) is 14.6 Å². The van der Waals surface area contributed by atoms with Gasteiger partial charge in [-0.05, 0) is 31.5 Å². The summed E-state index contributed by atoms with van der Waals surface area (Å²) in [5.41, 5.74) is 6.38. The van der Waals surface area contributed by atoms with E-state index < -0.39 is 0 Å². The van der Waals surface area contributed by atoms with Crippen LogP contribution in [-0.2, 0) is 6.42 Å². The van der Waals surface area contributed by atoms with Gasteiger partial charge in [0.25, 0.3) is 0 Å². The molecule has 0 saturated heterocycles. The number of aromatic nitrogens is 3. The molecule has 0 unspecified atom stereocenters. The van der Waals surface area contributed by atoms with Crippen LogP contribution in [0.1, 0.15) is 31.5 Å². The molecule has 0 atom stereocenters. The first kappa shape index (κ1) is 11.1. The molecular formula is C12H18N4. The second-order valence-corrected chi connectivity index (χ2v) is 4.00. The summed E-state index contributed by atoms with van der Waals surface area (Å²) in [4.78, 5) is 0. The minimum absolute atomic E-state index is 0.799. The molecule has 0 bridgehead atoms. The normalized spacial score (nSPS) is 11.1. The Morgan fingerprint density at radius 2 is 1.94 bits per heavy atom. The van der Waals surface area contributed by atoms with Crippen molar-refractivity contribution in [2.75, 3.05) is 6.54 Å². The van der Waals surface area contributed by atoms with E-state index in [1.54, 1.807) is 0 Å². The SMILES string of the molecule is NCCCCCCc1nnc2ccccn12. The summed E-state index contributed by atoms with van der Waals surface area (Å²) in [6.45, 7) is 0.799. The standard InChI is InChI=1S/C12H18N4/c13-9-5-2-1-3-7-11-14-15-12-8-4-6-10-16(11)12/h4,6,8,10H,1-3,5,7,9,13H2. The first-order valence-corrected chi connectivity index (χ1v) is 5.90. The number of hydrogen-bond donors (Lipinski definition) is 1. The Hall–Kier alpha value is -1.42. The van der Waals surface area contributed by atoms with E-state index in [4.69, 9.17) is 5.73 Å². The van der Waals surface area contributed by atoms with Crippen molar-refractivity contribution in [3.63, 3.8) is 0 Å². The van der Waals surface area contributed by atoms with Gasteiger partial charge >= 0.3 is 0 Å². The predicted octanol–water partition coefficient (Wildman–Crippen LogP) is 1.79. The Kier molecular flexibility index (Phi) is 3.88. The Morgan fingerprint density at radius 3 is 2.81 bits per heavy atom. The lowest BCUT2D eigenvalue weighted by molar-refractivity contribution is 0.633. The van der Waals surface area contributed by atoms with E-state index in [1.807, 2.05) is 24.4 Å². The molecule has 2 N–H and O–H groups in total. The number of hydrogen-bond acceptors (Lipinski definition) is 3. The molecule has 0 aliphatic rings. The van der Waals surface area contributed by atoms with Crippen LogP contribution in [0.5, 0.6) is 0 Å². The summed E-state index contributed by atoms with van der Waals surface area (Å²) in [5.74, 6) is 1.06. The number of fused-ring (bicyclic) bond motifs is 1. The average molecular weight is 218 g/mol. The van der Waals surface area contributed by atoms with Crippen LogP contribution in [0.25, 0.3) is 5.65 Å². The van der Waals surface area contributed by atoms with Gasteiger partial charge in [0, 0.05) is 12.6 Å². The van der Waals surface area contributed by atoms with Crippen LogP contribution >= 0.6 is 0 Å². The maximum atomic E-state index is 5.45. The summed E-state index contributed by atoms with van der Waals surface area (Å²) in [6.07, 6.45) is 7.74. The van der Waals surface area contributed by atoms with E-state index in [-0.39, 0.29) is 0 Å². The number of nitrogens with two attached hydrogens (primary N) is 1. The molecule has 0 spiro atoms. The summed E-state index contributed by atoms with van der Waals surface area (Å²) < 4.78 is 2.06. The highest BCUT2D eigenvalue weighted by molar-refractivity contribution is 5.36. The van der Waals surface area contributed by atoms with Gasteiger partial charge in [0.05, 0.1) is 0 Å². The molecule has 0 amide bonds. The summed E-state index contributed by atoms with van der Waals surface area (Å²) in [5, 5.41) is 8.33. The van der Waals surface area contributed by atoms with E-state index in [2.05, 4.69) is 14.6 Å². The lowest BCUT2D eigenvalue weighted by Crippen LogP contribution is -1.98. The molecule has 0 fully saturated rings. The molecule has 86 valence electrons. The molecule has 4 heteroatoms. The van der Waals surface area contributed by atoms with Crippen LogP contribution in [0, 0.1) is 0 Å². The molecule has 4 nitrogen and oxygen atoms in total. The van der Waals surface area contributed by atoms with Crippen LogP contribution < -0.4 is 5.73 Å². The topological polar surface area (TPSA) is 56.2 Å². The second kappa shape index (κ2) is 5.61. The third-order valence-corrected chi connectivity index (χ3v) is 2.74. The lowest BCUT2D eigenvalue weighted by atomic mass is 10.1. The van der Waals surface area contributed by atoms with Gasteiger partial charge in [-0.15, -0.1) is 10.2 Å². The number of unbranched alkanes of at least 4 members (excludes halogenated alkanes) is 3. The molecule has 0 aromatic carbocycles. The van der Waals surface area contributed by atoms with Crippen molar-refractivity contribution in [2.45, 2.75) is 32.1 Å². The van der Waals surface area contributed by atoms with Crippen molar-refractivity contribution in [3.05, 3.63) is 30.2 Å². The zero-order valence-corrected chi connectivity index (χ0v) is 9.47. The first-order chi connectivity index (χ1) is 7.92. The minimum atomic E-state index is 0.799.